The molecule has 1 rings (SSSR count). The van der Waals surface area contributed by atoms with Crippen LogP contribution in [0, 0.1) is 5.82 Å². The summed E-state index contributed by atoms with van der Waals surface area (Å²) in [7, 11) is 0. The van der Waals surface area contributed by atoms with E-state index in [0.717, 1.165) is 0 Å². The molecule has 0 radical (unpaired) electrons. The highest BCUT2D eigenvalue weighted by atomic mass is 35.5. The first-order valence-corrected chi connectivity index (χ1v) is 4.19. The van der Waals surface area contributed by atoms with E-state index in [2.05, 4.69) is 10.3 Å². The minimum absolute atomic E-state index is 0.0677. The Labute approximate surface area is 79.9 Å². The highest BCUT2D eigenvalue weighted by Crippen LogP contribution is 2.01. The van der Waals surface area contributed by atoms with E-state index in [0.29, 0.717) is 0 Å². The van der Waals surface area contributed by atoms with Crippen LogP contribution in [0.5, 0.6) is 0 Å². The standard InChI is InChI=1S/C8H8ClFN2O/c9-4-8(13)12-5-7-6(10)2-1-3-11-7/h1-3H,4-5H2,(H,12,13). The molecular weight excluding hydrogens is 195 g/mol. The van der Waals surface area contributed by atoms with E-state index in [1.54, 1.807) is 0 Å². The summed E-state index contributed by atoms with van der Waals surface area (Å²) in [6, 6.07) is 2.78. The second-order valence-corrected chi connectivity index (χ2v) is 2.61. The molecule has 0 aliphatic carbocycles. The van der Waals surface area contributed by atoms with Gasteiger partial charge in [-0.05, 0) is 12.1 Å². The highest BCUT2D eigenvalue weighted by Gasteiger charge is 2.03. The number of carbonyl (C=O) groups is 1. The van der Waals surface area contributed by atoms with Crippen LogP contribution in [0.2, 0.25) is 0 Å². The highest BCUT2D eigenvalue weighted by molar-refractivity contribution is 6.27. The number of rotatable bonds is 3. The lowest BCUT2D eigenvalue weighted by Crippen LogP contribution is -2.24. The van der Waals surface area contributed by atoms with Crippen molar-refractivity contribution >= 4 is 17.5 Å². The average Bonchev–Trinajstić information content (AvgIpc) is 2.16. The lowest BCUT2D eigenvalue weighted by atomic mass is 10.3. The van der Waals surface area contributed by atoms with Gasteiger partial charge in [0.15, 0.2) is 0 Å². The summed E-state index contributed by atoms with van der Waals surface area (Å²) in [6.45, 7) is 0.0677. The number of hydrogen-bond acceptors (Lipinski definition) is 2. The molecule has 1 amide bonds. The number of pyridine rings is 1. The number of halogens is 2. The smallest absolute Gasteiger partial charge is 0.235 e. The Morgan fingerprint density at radius 3 is 3.08 bits per heavy atom. The van der Waals surface area contributed by atoms with Gasteiger partial charge in [0.05, 0.1) is 12.2 Å². The molecular formula is C8H8ClFN2O. The Kier molecular flexibility index (Phi) is 3.64. The Balaban J connectivity index is 2.54. The van der Waals surface area contributed by atoms with E-state index in [1.807, 2.05) is 0 Å². The van der Waals surface area contributed by atoms with Crippen LogP contribution in [0.1, 0.15) is 5.69 Å². The van der Waals surface area contributed by atoms with Gasteiger partial charge >= 0.3 is 0 Å². The van der Waals surface area contributed by atoms with Crippen molar-refractivity contribution in [2.24, 2.45) is 0 Å². The quantitative estimate of drug-likeness (QED) is 0.746. The summed E-state index contributed by atoms with van der Waals surface area (Å²) in [6.07, 6.45) is 1.46. The number of nitrogens with zero attached hydrogens (tertiary/aromatic N) is 1. The third kappa shape index (κ3) is 2.99. The molecule has 0 unspecified atom stereocenters. The van der Waals surface area contributed by atoms with Crippen LogP contribution in [-0.2, 0) is 11.3 Å². The molecule has 1 aromatic rings. The maximum Gasteiger partial charge on any atom is 0.235 e. The largest absolute Gasteiger partial charge is 0.349 e. The van der Waals surface area contributed by atoms with Gasteiger partial charge in [-0.15, -0.1) is 11.6 Å². The number of hydrogen-bond donors (Lipinski definition) is 1. The SMILES string of the molecule is O=C(CCl)NCc1ncccc1F. The van der Waals surface area contributed by atoms with Gasteiger partial charge in [0.25, 0.3) is 0 Å². The fraction of sp³-hybridized carbons (Fsp3) is 0.250. The molecule has 1 N–H and O–H groups in total. The molecule has 70 valence electrons. The molecule has 0 bridgehead atoms. The first kappa shape index (κ1) is 9.92. The number of amides is 1. The number of aromatic nitrogens is 1. The lowest BCUT2D eigenvalue weighted by molar-refractivity contribution is -0.118. The van der Waals surface area contributed by atoms with Crippen molar-refractivity contribution in [2.45, 2.75) is 6.54 Å². The number of carbonyl (C=O) groups excluding carboxylic acids is 1. The third-order valence-corrected chi connectivity index (χ3v) is 1.65. The van der Waals surface area contributed by atoms with E-state index >= 15 is 0 Å². The molecule has 0 saturated heterocycles. The molecule has 0 spiro atoms. The molecule has 0 saturated carbocycles. The van der Waals surface area contributed by atoms with Gasteiger partial charge in [-0.2, -0.15) is 0 Å². The fourth-order valence-corrected chi connectivity index (χ4v) is 0.873. The van der Waals surface area contributed by atoms with Gasteiger partial charge in [-0.1, -0.05) is 0 Å². The molecule has 0 fully saturated rings. The van der Waals surface area contributed by atoms with Crippen LogP contribution in [0.4, 0.5) is 4.39 Å². The van der Waals surface area contributed by atoms with Crippen molar-refractivity contribution in [2.75, 3.05) is 5.88 Å². The van der Waals surface area contributed by atoms with Gasteiger partial charge in [-0.25, -0.2) is 4.39 Å². The lowest BCUT2D eigenvalue weighted by Gasteiger charge is -2.02. The van der Waals surface area contributed by atoms with Crippen LogP contribution in [0.3, 0.4) is 0 Å². The second kappa shape index (κ2) is 4.77. The summed E-state index contributed by atoms with van der Waals surface area (Å²) < 4.78 is 12.9. The van der Waals surface area contributed by atoms with Gasteiger partial charge in [0.1, 0.15) is 11.7 Å². The Morgan fingerprint density at radius 2 is 2.46 bits per heavy atom. The Bertz CT molecular complexity index is 306. The van der Waals surface area contributed by atoms with Crippen molar-refractivity contribution in [1.29, 1.82) is 0 Å². The third-order valence-electron chi connectivity index (χ3n) is 1.41. The maximum absolute atomic E-state index is 12.9. The zero-order valence-electron chi connectivity index (χ0n) is 6.76. The average molecular weight is 203 g/mol. The predicted molar refractivity (Wildman–Crippen MR) is 46.8 cm³/mol. The summed E-state index contributed by atoms with van der Waals surface area (Å²) in [4.78, 5) is 14.5. The van der Waals surface area contributed by atoms with E-state index < -0.39 is 5.82 Å². The van der Waals surface area contributed by atoms with Gasteiger partial charge < -0.3 is 5.32 Å². The molecule has 0 atom stereocenters. The zero-order valence-corrected chi connectivity index (χ0v) is 7.51. The molecule has 1 heterocycles. The molecule has 0 aliphatic rings. The number of alkyl halides is 1. The van der Waals surface area contributed by atoms with E-state index in [1.165, 1.54) is 18.3 Å². The van der Waals surface area contributed by atoms with Crippen LogP contribution >= 0.6 is 11.6 Å². The normalized spacial score (nSPS) is 9.69. The molecule has 0 aromatic carbocycles. The van der Waals surface area contributed by atoms with Crippen molar-refractivity contribution in [1.82, 2.24) is 10.3 Å². The fourth-order valence-electron chi connectivity index (χ4n) is 0.778. The zero-order chi connectivity index (χ0) is 9.68. The first-order valence-electron chi connectivity index (χ1n) is 3.66. The van der Waals surface area contributed by atoms with Crippen LogP contribution in [0.25, 0.3) is 0 Å². The van der Waals surface area contributed by atoms with E-state index in [-0.39, 0.29) is 24.0 Å². The molecule has 0 aliphatic heterocycles. The maximum atomic E-state index is 12.9. The Morgan fingerprint density at radius 1 is 1.69 bits per heavy atom. The Hall–Kier alpha value is -1.16. The van der Waals surface area contributed by atoms with Crippen molar-refractivity contribution in [3.63, 3.8) is 0 Å². The van der Waals surface area contributed by atoms with Crippen molar-refractivity contribution in [3.05, 3.63) is 29.8 Å². The molecule has 5 heteroatoms. The second-order valence-electron chi connectivity index (χ2n) is 2.34. The first-order chi connectivity index (χ1) is 6.24. The van der Waals surface area contributed by atoms with Crippen LogP contribution in [0.15, 0.2) is 18.3 Å². The molecule has 1 aromatic heterocycles. The minimum Gasteiger partial charge on any atom is -0.349 e. The van der Waals surface area contributed by atoms with Gasteiger partial charge in [-0.3, -0.25) is 9.78 Å². The molecule has 13 heavy (non-hydrogen) atoms. The van der Waals surface area contributed by atoms with E-state index in [4.69, 9.17) is 11.6 Å². The van der Waals surface area contributed by atoms with Crippen molar-refractivity contribution in [3.8, 4) is 0 Å². The minimum atomic E-state index is -0.433. The van der Waals surface area contributed by atoms with E-state index in [9.17, 15) is 9.18 Å². The van der Waals surface area contributed by atoms with Crippen molar-refractivity contribution < 1.29 is 9.18 Å². The predicted octanol–water partition coefficient (Wildman–Crippen LogP) is 1.08. The van der Waals surface area contributed by atoms with Crippen LogP contribution < -0.4 is 5.32 Å². The van der Waals surface area contributed by atoms with Gasteiger partial charge in [0.2, 0.25) is 5.91 Å². The summed E-state index contributed by atoms with van der Waals surface area (Å²) in [5.74, 6) is -0.904. The monoisotopic (exact) mass is 202 g/mol. The molecule has 3 nitrogen and oxygen atoms in total. The number of nitrogens with one attached hydrogen (secondary N) is 1. The summed E-state index contributed by atoms with van der Waals surface area (Å²) in [5.41, 5.74) is 0.209. The van der Waals surface area contributed by atoms with Gasteiger partial charge in [0, 0.05) is 6.20 Å². The summed E-state index contributed by atoms with van der Waals surface area (Å²) in [5, 5.41) is 2.42. The summed E-state index contributed by atoms with van der Waals surface area (Å²) >= 11 is 5.23. The van der Waals surface area contributed by atoms with Crippen LogP contribution in [-0.4, -0.2) is 16.8 Å². The topological polar surface area (TPSA) is 42.0 Å².